The summed E-state index contributed by atoms with van der Waals surface area (Å²) in [5, 5.41) is 5.89. The second-order valence-electron chi connectivity index (χ2n) is 3.45. The predicted octanol–water partition coefficient (Wildman–Crippen LogP) is 1.04. The molecule has 1 heterocycles. The summed E-state index contributed by atoms with van der Waals surface area (Å²) in [5.41, 5.74) is 2.39. The number of amides is 1. The van der Waals surface area contributed by atoms with E-state index in [1.54, 1.807) is 7.05 Å². The molecule has 2 rings (SSSR count). The number of carbonyl (C=O) groups is 1. The van der Waals surface area contributed by atoms with Gasteiger partial charge < -0.3 is 10.6 Å². The number of fused-ring (bicyclic) bond motifs is 1. The lowest BCUT2D eigenvalue weighted by atomic mass is 9.94. The Morgan fingerprint density at radius 1 is 1.47 bits per heavy atom. The summed E-state index contributed by atoms with van der Waals surface area (Å²) in [6.07, 6.45) is 1.00. The highest BCUT2D eigenvalue weighted by Crippen LogP contribution is 2.22. The lowest BCUT2D eigenvalue weighted by Crippen LogP contribution is -2.40. The molecule has 0 saturated heterocycles. The molecule has 0 aliphatic carbocycles. The van der Waals surface area contributed by atoms with Gasteiger partial charge in [-0.3, -0.25) is 4.79 Å². The quantitative estimate of drug-likeness (QED) is 0.752. The van der Waals surface area contributed by atoms with Crippen LogP contribution in [0, 0.1) is 0 Å². The van der Waals surface area contributed by atoms with Crippen LogP contribution in [-0.4, -0.2) is 19.5 Å². The smallest absolute Gasteiger partial charge is 0.241 e. The first kappa shape index (κ1) is 12.0. The summed E-state index contributed by atoms with van der Waals surface area (Å²) in [5.74, 6) is 0.0390. The Kier molecular flexibility index (Phi) is 4.12. The van der Waals surface area contributed by atoms with Crippen LogP contribution in [0.15, 0.2) is 24.3 Å². The van der Waals surface area contributed by atoms with Gasteiger partial charge in [0.1, 0.15) is 6.04 Å². The number of hydrogen-bond donors (Lipinski definition) is 2. The zero-order chi connectivity index (χ0) is 9.97. The molecule has 0 bridgehead atoms. The minimum Gasteiger partial charge on any atom is -0.358 e. The van der Waals surface area contributed by atoms with Gasteiger partial charge in [-0.15, -0.1) is 12.4 Å². The third-order valence-corrected chi connectivity index (χ3v) is 2.62. The van der Waals surface area contributed by atoms with Gasteiger partial charge in [-0.05, 0) is 17.5 Å². The zero-order valence-corrected chi connectivity index (χ0v) is 9.43. The van der Waals surface area contributed by atoms with E-state index < -0.39 is 0 Å². The highest BCUT2D eigenvalue weighted by Gasteiger charge is 2.24. The van der Waals surface area contributed by atoms with Crippen molar-refractivity contribution in [1.29, 1.82) is 0 Å². The first-order chi connectivity index (χ1) is 6.83. The van der Waals surface area contributed by atoms with Crippen molar-refractivity contribution in [2.45, 2.75) is 12.5 Å². The molecule has 1 aliphatic rings. The van der Waals surface area contributed by atoms with Crippen LogP contribution in [0.25, 0.3) is 0 Å². The van der Waals surface area contributed by atoms with Gasteiger partial charge in [0.25, 0.3) is 0 Å². The van der Waals surface area contributed by atoms with Crippen molar-refractivity contribution in [2.24, 2.45) is 0 Å². The minimum atomic E-state index is -0.176. The molecule has 82 valence electrons. The molecule has 1 aromatic carbocycles. The van der Waals surface area contributed by atoms with Gasteiger partial charge in [0.15, 0.2) is 0 Å². The topological polar surface area (TPSA) is 41.1 Å². The van der Waals surface area contributed by atoms with Gasteiger partial charge in [-0.1, -0.05) is 24.3 Å². The van der Waals surface area contributed by atoms with E-state index in [4.69, 9.17) is 0 Å². The monoisotopic (exact) mass is 226 g/mol. The van der Waals surface area contributed by atoms with Crippen LogP contribution in [0.5, 0.6) is 0 Å². The molecule has 2 N–H and O–H groups in total. The molecule has 3 nitrogen and oxygen atoms in total. The van der Waals surface area contributed by atoms with E-state index in [2.05, 4.69) is 16.7 Å². The highest BCUT2D eigenvalue weighted by molar-refractivity contribution is 5.85. The molecular weight excluding hydrogens is 212 g/mol. The molecule has 1 unspecified atom stereocenters. The molecule has 0 saturated carbocycles. The lowest BCUT2D eigenvalue weighted by molar-refractivity contribution is -0.122. The number of carbonyl (C=O) groups excluding carboxylic acids is 1. The second kappa shape index (κ2) is 5.14. The molecule has 0 radical (unpaired) electrons. The summed E-state index contributed by atoms with van der Waals surface area (Å²) in [4.78, 5) is 11.6. The molecule has 0 fully saturated rings. The van der Waals surface area contributed by atoms with E-state index in [1.165, 1.54) is 5.56 Å². The lowest BCUT2D eigenvalue weighted by Gasteiger charge is -2.25. The number of nitrogens with one attached hydrogen (secondary N) is 2. The fourth-order valence-corrected chi connectivity index (χ4v) is 1.88. The van der Waals surface area contributed by atoms with E-state index >= 15 is 0 Å². The molecule has 4 heteroatoms. The van der Waals surface area contributed by atoms with Gasteiger partial charge in [0, 0.05) is 13.6 Å². The largest absolute Gasteiger partial charge is 0.358 e. The van der Waals surface area contributed by atoms with Crippen LogP contribution < -0.4 is 10.6 Å². The molecule has 15 heavy (non-hydrogen) atoms. The fraction of sp³-hybridized carbons (Fsp3) is 0.364. The number of hydrogen-bond acceptors (Lipinski definition) is 2. The SMILES string of the molecule is CNC(=O)C1NCCc2ccccc21.Cl. The Balaban J connectivity index is 0.00000112. The third kappa shape index (κ3) is 2.30. The summed E-state index contributed by atoms with van der Waals surface area (Å²) in [6, 6.07) is 7.92. The molecule has 1 amide bonds. The summed E-state index contributed by atoms with van der Waals surface area (Å²) in [7, 11) is 1.67. The summed E-state index contributed by atoms with van der Waals surface area (Å²) < 4.78 is 0. The Morgan fingerprint density at radius 2 is 2.20 bits per heavy atom. The van der Waals surface area contributed by atoms with E-state index in [0.29, 0.717) is 0 Å². The van der Waals surface area contributed by atoms with Crippen molar-refractivity contribution in [3.05, 3.63) is 35.4 Å². The van der Waals surface area contributed by atoms with E-state index in [0.717, 1.165) is 18.5 Å². The zero-order valence-electron chi connectivity index (χ0n) is 8.62. The first-order valence-electron chi connectivity index (χ1n) is 4.85. The average molecular weight is 227 g/mol. The number of benzene rings is 1. The number of halogens is 1. The van der Waals surface area contributed by atoms with Gasteiger partial charge in [-0.25, -0.2) is 0 Å². The van der Waals surface area contributed by atoms with Crippen LogP contribution in [0.3, 0.4) is 0 Å². The van der Waals surface area contributed by atoms with Gasteiger partial charge in [0.2, 0.25) is 5.91 Å². The van der Waals surface area contributed by atoms with E-state index in [1.807, 2.05) is 18.2 Å². The van der Waals surface area contributed by atoms with E-state index in [-0.39, 0.29) is 24.4 Å². The molecule has 1 aliphatic heterocycles. The van der Waals surface area contributed by atoms with Crippen LogP contribution in [0.1, 0.15) is 17.2 Å². The Hall–Kier alpha value is -1.06. The van der Waals surface area contributed by atoms with Crippen LogP contribution in [-0.2, 0) is 11.2 Å². The molecule has 0 spiro atoms. The van der Waals surface area contributed by atoms with Gasteiger partial charge in [-0.2, -0.15) is 0 Å². The van der Waals surface area contributed by atoms with Crippen LogP contribution >= 0.6 is 12.4 Å². The highest BCUT2D eigenvalue weighted by atomic mass is 35.5. The molecule has 1 aromatic rings. The second-order valence-corrected chi connectivity index (χ2v) is 3.45. The van der Waals surface area contributed by atoms with Crippen molar-refractivity contribution >= 4 is 18.3 Å². The Bertz CT molecular complexity index is 354. The third-order valence-electron chi connectivity index (χ3n) is 2.62. The minimum absolute atomic E-state index is 0. The van der Waals surface area contributed by atoms with Crippen molar-refractivity contribution in [2.75, 3.05) is 13.6 Å². The maximum Gasteiger partial charge on any atom is 0.241 e. The standard InChI is InChI=1S/C11H14N2O.ClH/c1-12-11(14)10-9-5-3-2-4-8(9)6-7-13-10;/h2-5,10,13H,6-7H2,1H3,(H,12,14);1H. The summed E-state index contributed by atoms with van der Waals surface area (Å²) in [6.45, 7) is 0.870. The average Bonchev–Trinajstić information content (AvgIpc) is 2.27. The van der Waals surface area contributed by atoms with E-state index in [9.17, 15) is 4.79 Å². The molecule has 0 aromatic heterocycles. The predicted molar refractivity (Wildman–Crippen MR) is 62.2 cm³/mol. The van der Waals surface area contributed by atoms with Crippen LogP contribution in [0.2, 0.25) is 0 Å². The van der Waals surface area contributed by atoms with Gasteiger partial charge in [0.05, 0.1) is 0 Å². The van der Waals surface area contributed by atoms with Crippen molar-refractivity contribution in [1.82, 2.24) is 10.6 Å². The van der Waals surface area contributed by atoms with Crippen molar-refractivity contribution in [3.8, 4) is 0 Å². The van der Waals surface area contributed by atoms with Crippen LogP contribution in [0.4, 0.5) is 0 Å². The number of rotatable bonds is 1. The molecule has 1 atom stereocenters. The maximum absolute atomic E-state index is 11.6. The summed E-state index contributed by atoms with van der Waals surface area (Å²) >= 11 is 0. The fourth-order valence-electron chi connectivity index (χ4n) is 1.88. The Morgan fingerprint density at radius 3 is 2.93 bits per heavy atom. The first-order valence-corrected chi connectivity index (χ1v) is 4.85. The number of likely N-dealkylation sites (N-methyl/N-ethyl adjacent to an activating group) is 1. The Labute approximate surface area is 95.7 Å². The van der Waals surface area contributed by atoms with Crippen molar-refractivity contribution in [3.63, 3.8) is 0 Å². The normalized spacial score (nSPS) is 18.6. The maximum atomic E-state index is 11.6. The molecular formula is C11H15ClN2O. The van der Waals surface area contributed by atoms with Crippen molar-refractivity contribution < 1.29 is 4.79 Å². The van der Waals surface area contributed by atoms with Gasteiger partial charge >= 0.3 is 0 Å².